The number of hydrogen-bond acceptors (Lipinski definition) is 9. The number of nitrogens with zero attached hydrogens (tertiary/aromatic N) is 2. The zero-order valence-corrected chi connectivity index (χ0v) is 23.9. The lowest BCUT2D eigenvalue weighted by Crippen LogP contribution is -2.44. The van der Waals surface area contributed by atoms with Crippen molar-refractivity contribution in [1.29, 1.82) is 0 Å². The number of rotatable bonds is 8. The second kappa shape index (κ2) is 10.7. The number of hydrogen-bond donors (Lipinski definition) is 3. The first kappa shape index (κ1) is 28.1. The van der Waals surface area contributed by atoms with Gasteiger partial charge in [0.2, 0.25) is 15.9 Å². The maximum atomic E-state index is 13.5. The van der Waals surface area contributed by atoms with Crippen molar-refractivity contribution in [2.75, 3.05) is 5.32 Å². The van der Waals surface area contributed by atoms with Crippen LogP contribution in [0.25, 0.3) is 10.4 Å². The van der Waals surface area contributed by atoms with Crippen LogP contribution in [0.15, 0.2) is 46.1 Å². The first-order valence-electron chi connectivity index (χ1n) is 12.6. The molecule has 2 heterocycles. The Kier molecular flexibility index (Phi) is 7.87. The summed E-state index contributed by atoms with van der Waals surface area (Å²) in [5.41, 5.74) is 5.25. The van der Waals surface area contributed by atoms with Gasteiger partial charge in [0.05, 0.1) is 21.0 Å². The molecule has 1 amide bonds. The normalized spacial score (nSPS) is 20.4. The van der Waals surface area contributed by atoms with Crippen molar-refractivity contribution >= 4 is 39.0 Å². The number of aromatic nitrogens is 2. The monoisotopic (exact) mass is 561 g/mol. The standard InChI is InChI=1S/C26H35N5O5S2/c1-16(2)26(35-24(27)32)11-8-17(9-12-26)23-28-15-20(37-23)19-7-6-18(30-22-10-13-29-36-22)14-21(19)38(33,34)31-25(3,4)5/h6-7,10,13-17,30-31H,8-9,11-12H2,1-5H3,(H2,27,32). The van der Waals surface area contributed by atoms with E-state index in [1.165, 1.54) is 17.5 Å². The average Bonchev–Trinajstić information content (AvgIpc) is 3.50. The molecule has 12 heteroatoms. The Morgan fingerprint density at radius 1 is 1.24 bits per heavy atom. The molecule has 0 bridgehead atoms. The van der Waals surface area contributed by atoms with Crippen LogP contribution >= 0.6 is 11.3 Å². The SMILES string of the molecule is CC(C)C1(OC(N)=O)CCC(c2ncc(-c3ccc(Nc4ccno4)cc3S(=O)(=O)NC(C)(C)C)s2)CC1. The third-order valence-electron chi connectivity index (χ3n) is 6.74. The summed E-state index contributed by atoms with van der Waals surface area (Å²) in [6.45, 7) is 9.48. The van der Waals surface area contributed by atoms with E-state index in [1.807, 2.05) is 13.8 Å². The molecule has 10 nitrogen and oxygen atoms in total. The van der Waals surface area contributed by atoms with Gasteiger partial charge in [-0.15, -0.1) is 11.3 Å². The molecule has 0 atom stereocenters. The highest BCUT2D eigenvalue weighted by Gasteiger charge is 2.42. The van der Waals surface area contributed by atoms with Gasteiger partial charge in [-0.2, -0.15) is 0 Å². The lowest BCUT2D eigenvalue weighted by Gasteiger charge is -2.41. The van der Waals surface area contributed by atoms with Crippen molar-refractivity contribution in [3.05, 3.63) is 41.7 Å². The predicted octanol–water partition coefficient (Wildman–Crippen LogP) is 5.77. The van der Waals surface area contributed by atoms with Gasteiger partial charge in [-0.3, -0.25) is 0 Å². The second-order valence-electron chi connectivity index (χ2n) is 11.0. The molecule has 1 aliphatic carbocycles. The number of anilines is 2. The number of amides is 1. The van der Waals surface area contributed by atoms with Gasteiger partial charge in [-0.1, -0.05) is 25.1 Å². The summed E-state index contributed by atoms with van der Waals surface area (Å²) in [5, 5.41) is 7.66. The van der Waals surface area contributed by atoms with Crippen LogP contribution in [0.1, 0.15) is 71.2 Å². The van der Waals surface area contributed by atoms with Crippen LogP contribution in [0.4, 0.5) is 16.4 Å². The first-order chi connectivity index (χ1) is 17.8. The van der Waals surface area contributed by atoms with E-state index < -0.39 is 27.3 Å². The summed E-state index contributed by atoms with van der Waals surface area (Å²) in [6, 6.07) is 6.81. The Balaban J connectivity index is 1.63. The fraction of sp³-hybridized carbons (Fsp3) is 0.500. The number of carbonyl (C=O) groups is 1. The lowest BCUT2D eigenvalue weighted by atomic mass is 9.73. The number of benzene rings is 1. The summed E-state index contributed by atoms with van der Waals surface area (Å²) in [6.07, 6.45) is 5.50. The van der Waals surface area contributed by atoms with Crippen molar-refractivity contribution in [3.63, 3.8) is 0 Å². The van der Waals surface area contributed by atoms with Gasteiger partial charge in [0.1, 0.15) is 5.60 Å². The van der Waals surface area contributed by atoms with Crippen LogP contribution in [0.5, 0.6) is 0 Å². The molecule has 0 unspecified atom stereocenters. The molecule has 1 aromatic carbocycles. The molecule has 1 fully saturated rings. The largest absolute Gasteiger partial charge is 0.443 e. The van der Waals surface area contributed by atoms with E-state index in [2.05, 4.69) is 20.2 Å². The molecule has 2 aromatic heterocycles. The highest BCUT2D eigenvalue weighted by molar-refractivity contribution is 7.89. The number of nitrogens with one attached hydrogen (secondary N) is 2. The lowest BCUT2D eigenvalue weighted by molar-refractivity contribution is -0.0501. The van der Waals surface area contributed by atoms with Crippen LogP contribution in [0, 0.1) is 5.92 Å². The van der Waals surface area contributed by atoms with E-state index in [0.29, 0.717) is 30.0 Å². The van der Waals surface area contributed by atoms with Crippen LogP contribution in [-0.2, 0) is 14.8 Å². The quantitative estimate of drug-likeness (QED) is 0.314. The van der Waals surface area contributed by atoms with E-state index >= 15 is 0 Å². The predicted molar refractivity (Wildman–Crippen MR) is 147 cm³/mol. The molecular formula is C26H35N5O5S2. The molecule has 4 rings (SSSR count). The number of primary amides is 1. The fourth-order valence-corrected chi connectivity index (χ4v) is 7.72. The minimum atomic E-state index is -3.87. The van der Waals surface area contributed by atoms with E-state index in [0.717, 1.165) is 22.7 Å². The highest BCUT2D eigenvalue weighted by Crippen LogP contribution is 2.46. The second-order valence-corrected chi connectivity index (χ2v) is 13.8. The maximum absolute atomic E-state index is 13.5. The topological polar surface area (TPSA) is 149 Å². The summed E-state index contributed by atoms with van der Waals surface area (Å²) in [4.78, 5) is 17.1. The summed E-state index contributed by atoms with van der Waals surface area (Å²) in [5.74, 6) is 0.743. The van der Waals surface area contributed by atoms with Crippen molar-refractivity contribution in [3.8, 4) is 10.4 Å². The summed E-state index contributed by atoms with van der Waals surface area (Å²) in [7, 11) is -3.87. The Morgan fingerprint density at radius 3 is 2.53 bits per heavy atom. The van der Waals surface area contributed by atoms with E-state index in [-0.39, 0.29) is 16.7 Å². The Hall–Kier alpha value is -2.96. The van der Waals surface area contributed by atoms with Crippen LogP contribution in [0.2, 0.25) is 0 Å². The number of nitrogens with two attached hydrogens (primary N) is 1. The van der Waals surface area contributed by atoms with Crippen molar-refractivity contribution < 1.29 is 22.5 Å². The van der Waals surface area contributed by atoms with Gasteiger partial charge in [0.25, 0.3) is 0 Å². The van der Waals surface area contributed by atoms with Gasteiger partial charge in [-0.25, -0.2) is 22.9 Å². The van der Waals surface area contributed by atoms with Gasteiger partial charge in [0.15, 0.2) is 0 Å². The van der Waals surface area contributed by atoms with Gasteiger partial charge in [-0.05, 0) is 64.5 Å². The zero-order chi connectivity index (χ0) is 27.7. The molecule has 38 heavy (non-hydrogen) atoms. The molecular weight excluding hydrogens is 526 g/mol. The number of ether oxygens (including phenoxy) is 1. The zero-order valence-electron chi connectivity index (χ0n) is 22.3. The van der Waals surface area contributed by atoms with Crippen LogP contribution in [-0.4, -0.2) is 35.8 Å². The van der Waals surface area contributed by atoms with Crippen LogP contribution < -0.4 is 15.8 Å². The number of thiazole rings is 1. The van der Waals surface area contributed by atoms with E-state index in [4.69, 9.17) is 15.0 Å². The molecule has 4 N–H and O–H groups in total. The molecule has 1 aliphatic rings. The molecule has 206 valence electrons. The smallest absolute Gasteiger partial charge is 0.405 e. The van der Waals surface area contributed by atoms with Crippen molar-refractivity contribution in [2.24, 2.45) is 11.7 Å². The molecule has 3 aromatic rings. The number of sulfonamides is 1. The Morgan fingerprint density at radius 2 is 1.95 bits per heavy atom. The summed E-state index contributed by atoms with van der Waals surface area (Å²) >= 11 is 1.49. The minimum absolute atomic E-state index is 0.143. The third-order valence-corrected chi connectivity index (χ3v) is 9.73. The molecule has 0 radical (unpaired) electrons. The van der Waals surface area contributed by atoms with Gasteiger partial charge >= 0.3 is 6.09 Å². The average molecular weight is 562 g/mol. The van der Waals surface area contributed by atoms with Crippen molar-refractivity contribution in [2.45, 2.75) is 82.3 Å². The van der Waals surface area contributed by atoms with Crippen LogP contribution in [0.3, 0.4) is 0 Å². The van der Waals surface area contributed by atoms with Gasteiger partial charge in [0, 0.05) is 35.0 Å². The Labute approximate surface area is 227 Å². The van der Waals surface area contributed by atoms with E-state index in [9.17, 15) is 13.2 Å². The van der Waals surface area contributed by atoms with Gasteiger partial charge < -0.3 is 20.3 Å². The molecule has 0 spiro atoms. The first-order valence-corrected chi connectivity index (χ1v) is 14.9. The third kappa shape index (κ3) is 6.36. The minimum Gasteiger partial charge on any atom is -0.443 e. The van der Waals surface area contributed by atoms with E-state index in [1.54, 1.807) is 51.2 Å². The highest BCUT2D eigenvalue weighted by atomic mass is 32.2. The maximum Gasteiger partial charge on any atom is 0.405 e. The number of carbonyl (C=O) groups excluding carboxylic acids is 1. The summed E-state index contributed by atoms with van der Waals surface area (Å²) < 4.78 is 40.4. The molecule has 0 saturated heterocycles. The molecule has 0 aliphatic heterocycles. The fourth-order valence-electron chi connectivity index (χ4n) is 4.86. The van der Waals surface area contributed by atoms with Crippen molar-refractivity contribution in [1.82, 2.24) is 14.9 Å². The Bertz CT molecular complexity index is 1370. The molecule has 1 saturated carbocycles.